The van der Waals surface area contributed by atoms with Crippen LogP contribution in [-0.2, 0) is 9.53 Å². The van der Waals surface area contributed by atoms with Crippen molar-refractivity contribution in [2.24, 2.45) is 0 Å². The van der Waals surface area contributed by atoms with E-state index >= 15 is 0 Å². The molecule has 28 heavy (non-hydrogen) atoms. The normalized spacial score (nSPS) is 19.7. The number of nitrogens with zero attached hydrogens (tertiary/aromatic N) is 1. The van der Waals surface area contributed by atoms with Crippen LogP contribution in [0, 0.1) is 0 Å². The quantitative estimate of drug-likeness (QED) is 0.481. The van der Waals surface area contributed by atoms with Crippen LogP contribution in [0.25, 0.3) is 21.5 Å². The Morgan fingerprint density at radius 1 is 0.929 bits per heavy atom. The van der Waals surface area contributed by atoms with E-state index in [1.807, 2.05) is 53.4 Å². The summed E-state index contributed by atoms with van der Waals surface area (Å²) in [6, 6.07) is 18.0. The largest absolute Gasteiger partial charge is 0.452 e. The van der Waals surface area contributed by atoms with Crippen LogP contribution in [-0.4, -0.2) is 35.5 Å². The Morgan fingerprint density at radius 2 is 1.46 bits per heavy atom. The molecule has 1 fully saturated rings. The molecule has 3 aromatic carbocycles. The van der Waals surface area contributed by atoms with Crippen molar-refractivity contribution in [1.82, 2.24) is 4.90 Å². The van der Waals surface area contributed by atoms with Gasteiger partial charge in [0.25, 0.3) is 5.91 Å². The molecule has 1 aliphatic heterocycles. The van der Waals surface area contributed by atoms with Crippen LogP contribution >= 0.6 is 0 Å². The maximum absolute atomic E-state index is 13.0. The fraction of sp³-hybridized carbons (Fsp3) is 0.333. The van der Waals surface area contributed by atoms with E-state index in [0.717, 1.165) is 40.8 Å². The fourth-order valence-electron chi connectivity index (χ4n) is 4.42. The number of likely N-dealkylation sites (tertiary alicyclic amines) is 1. The van der Waals surface area contributed by atoms with Crippen molar-refractivity contribution in [2.75, 3.05) is 6.61 Å². The van der Waals surface area contributed by atoms with E-state index in [9.17, 15) is 9.59 Å². The zero-order valence-corrected chi connectivity index (χ0v) is 16.4. The topological polar surface area (TPSA) is 46.6 Å². The molecule has 1 heterocycles. The van der Waals surface area contributed by atoms with E-state index in [4.69, 9.17) is 4.74 Å². The summed E-state index contributed by atoms with van der Waals surface area (Å²) in [6.07, 6.45) is 3.13. The second kappa shape index (κ2) is 7.63. The molecule has 0 spiro atoms. The van der Waals surface area contributed by atoms with E-state index in [2.05, 4.69) is 19.9 Å². The number of esters is 1. The van der Waals surface area contributed by atoms with Crippen molar-refractivity contribution >= 4 is 33.4 Å². The molecule has 0 N–H and O–H groups in total. The van der Waals surface area contributed by atoms with Gasteiger partial charge in [0.05, 0.1) is 5.56 Å². The van der Waals surface area contributed by atoms with Gasteiger partial charge < -0.3 is 9.64 Å². The molecule has 0 aromatic heterocycles. The number of carbonyl (C=O) groups excluding carboxylic acids is 2. The Labute approximate surface area is 165 Å². The van der Waals surface area contributed by atoms with Crippen LogP contribution in [0.4, 0.5) is 0 Å². The number of benzene rings is 3. The van der Waals surface area contributed by atoms with Crippen molar-refractivity contribution < 1.29 is 14.3 Å². The molecule has 1 saturated heterocycles. The summed E-state index contributed by atoms with van der Waals surface area (Å²) >= 11 is 0. The minimum absolute atomic E-state index is 0.113. The zero-order valence-electron chi connectivity index (χ0n) is 16.4. The molecular weight excluding hydrogens is 350 g/mol. The molecule has 4 nitrogen and oxygen atoms in total. The number of fused-ring (bicyclic) bond motifs is 2. The molecule has 144 valence electrons. The van der Waals surface area contributed by atoms with E-state index in [0.29, 0.717) is 5.56 Å². The van der Waals surface area contributed by atoms with Crippen molar-refractivity contribution in [3.63, 3.8) is 0 Å². The van der Waals surface area contributed by atoms with Gasteiger partial charge in [-0.2, -0.15) is 0 Å². The van der Waals surface area contributed by atoms with Crippen LogP contribution in [0.15, 0.2) is 54.6 Å². The van der Waals surface area contributed by atoms with Crippen molar-refractivity contribution in [1.29, 1.82) is 0 Å². The Bertz CT molecular complexity index is 978. The molecule has 4 heteroatoms. The molecule has 1 aliphatic rings. The highest BCUT2D eigenvalue weighted by atomic mass is 16.5. The first-order valence-corrected chi connectivity index (χ1v) is 9.95. The van der Waals surface area contributed by atoms with Crippen LogP contribution < -0.4 is 0 Å². The van der Waals surface area contributed by atoms with Crippen LogP contribution in [0.2, 0.25) is 0 Å². The van der Waals surface area contributed by atoms with E-state index in [1.165, 1.54) is 0 Å². The third kappa shape index (κ3) is 3.35. The summed E-state index contributed by atoms with van der Waals surface area (Å²) in [5.74, 6) is -0.559. The molecule has 0 aliphatic carbocycles. The molecule has 1 amide bonds. The first kappa shape index (κ1) is 18.5. The van der Waals surface area contributed by atoms with Gasteiger partial charge in [-0.15, -0.1) is 0 Å². The van der Waals surface area contributed by atoms with E-state index in [1.54, 1.807) is 0 Å². The van der Waals surface area contributed by atoms with Crippen molar-refractivity contribution in [3.05, 3.63) is 60.2 Å². The third-order valence-corrected chi connectivity index (χ3v) is 5.78. The number of carbonyl (C=O) groups is 2. The number of ether oxygens (including phenoxy) is 1. The van der Waals surface area contributed by atoms with Gasteiger partial charge in [0.2, 0.25) is 0 Å². The molecular formula is C24H25NO3. The number of hydrogen-bond donors (Lipinski definition) is 0. The van der Waals surface area contributed by atoms with E-state index in [-0.39, 0.29) is 24.6 Å². The lowest BCUT2D eigenvalue weighted by Gasteiger charge is -2.38. The Kier molecular flexibility index (Phi) is 5.03. The van der Waals surface area contributed by atoms with Crippen molar-refractivity contribution in [2.45, 2.75) is 45.2 Å². The second-order valence-corrected chi connectivity index (χ2v) is 7.70. The maximum Gasteiger partial charge on any atom is 0.339 e. The summed E-state index contributed by atoms with van der Waals surface area (Å²) in [5.41, 5.74) is 0.529. The smallest absolute Gasteiger partial charge is 0.339 e. The number of amides is 1. The standard InChI is InChI=1S/C24H25NO3/c1-16-8-7-9-17(2)25(16)22(26)15-28-24(27)23-20-12-5-3-10-18(20)14-19-11-4-6-13-21(19)23/h3-6,10-14,16-17H,7-9,15H2,1-2H3. The lowest BCUT2D eigenvalue weighted by Crippen LogP contribution is -2.49. The van der Waals surface area contributed by atoms with Crippen LogP contribution in [0.1, 0.15) is 43.5 Å². The Balaban J connectivity index is 1.62. The number of rotatable bonds is 3. The highest BCUT2D eigenvalue weighted by Gasteiger charge is 2.29. The highest BCUT2D eigenvalue weighted by molar-refractivity contribution is 6.16. The van der Waals surface area contributed by atoms with Gasteiger partial charge in [0, 0.05) is 12.1 Å². The second-order valence-electron chi connectivity index (χ2n) is 7.70. The zero-order chi connectivity index (χ0) is 19.7. The first-order chi connectivity index (χ1) is 13.6. The fourth-order valence-corrected chi connectivity index (χ4v) is 4.42. The van der Waals surface area contributed by atoms with Gasteiger partial charge >= 0.3 is 5.97 Å². The number of piperidine rings is 1. The van der Waals surface area contributed by atoms with Crippen molar-refractivity contribution in [3.8, 4) is 0 Å². The minimum atomic E-state index is -0.446. The molecule has 2 unspecified atom stereocenters. The van der Waals surface area contributed by atoms with Crippen LogP contribution in [0.3, 0.4) is 0 Å². The predicted octanol–water partition coefficient (Wildman–Crippen LogP) is 4.94. The molecule has 0 saturated carbocycles. The van der Waals surface area contributed by atoms with Gasteiger partial charge in [-0.3, -0.25) is 4.79 Å². The predicted molar refractivity (Wildman–Crippen MR) is 111 cm³/mol. The summed E-state index contributed by atoms with van der Waals surface area (Å²) in [4.78, 5) is 27.6. The molecule has 4 rings (SSSR count). The molecule has 0 radical (unpaired) electrons. The Hall–Kier alpha value is -2.88. The lowest BCUT2D eigenvalue weighted by atomic mass is 9.97. The maximum atomic E-state index is 13.0. The summed E-state index contributed by atoms with van der Waals surface area (Å²) in [7, 11) is 0. The number of hydrogen-bond acceptors (Lipinski definition) is 3. The minimum Gasteiger partial charge on any atom is -0.452 e. The summed E-state index contributed by atoms with van der Waals surface area (Å²) in [6.45, 7) is 3.91. The lowest BCUT2D eigenvalue weighted by molar-refractivity contribution is -0.140. The average Bonchev–Trinajstić information content (AvgIpc) is 2.70. The summed E-state index contributed by atoms with van der Waals surface area (Å²) < 4.78 is 5.53. The van der Waals surface area contributed by atoms with Gasteiger partial charge in [-0.25, -0.2) is 4.79 Å². The highest BCUT2D eigenvalue weighted by Crippen LogP contribution is 2.29. The molecule has 2 atom stereocenters. The van der Waals surface area contributed by atoms with E-state index < -0.39 is 5.97 Å². The molecule has 3 aromatic rings. The summed E-state index contributed by atoms with van der Waals surface area (Å²) in [5, 5.41) is 3.66. The third-order valence-electron chi connectivity index (χ3n) is 5.78. The Morgan fingerprint density at radius 3 is 2.04 bits per heavy atom. The van der Waals surface area contributed by atoms with Gasteiger partial charge in [-0.1, -0.05) is 48.5 Å². The van der Waals surface area contributed by atoms with Crippen LogP contribution in [0.5, 0.6) is 0 Å². The van der Waals surface area contributed by atoms with Gasteiger partial charge in [-0.05, 0) is 60.7 Å². The monoisotopic (exact) mass is 375 g/mol. The molecule has 0 bridgehead atoms. The SMILES string of the molecule is CC1CCCC(C)N1C(=O)COC(=O)c1c2ccccc2cc2ccccc12. The van der Waals surface area contributed by atoms with Gasteiger partial charge in [0.15, 0.2) is 6.61 Å². The van der Waals surface area contributed by atoms with Gasteiger partial charge in [0.1, 0.15) is 0 Å². The first-order valence-electron chi connectivity index (χ1n) is 9.95. The average molecular weight is 375 g/mol.